The van der Waals surface area contributed by atoms with E-state index in [2.05, 4.69) is 26.0 Å². The second kappa shape index (κ2) is 5.66. The van der Waals surface area contributed by atoms with Crippen LogP contribution in [0.5, 0.6) is 0 Å². The van der Waals surface area contributed by atoms with Gasteiger partial charge in [-0.2, -0.15) is 0 Å². The van der Waals surface area contributed by atoms with Crippen LogP contribution in [-0.4, -0.2) is 11.8 Å². The van der Waals surface area contributed by atoms with Crippen molar-refractivity contribution < 1.29 is 4.79 Å². The van der Waals surface area contributed by atoms with Crippen molar-refractivity contribution in [1.29, 1.82) is 0 Å². The minimum atomic E-state index is 0.0792. The molecule has 1 aliphatic rings. The van der Waals surface area contributed by atoms with Crippen molar-refractivity contribution in [2.24, 2.45) is 11.7 Å². The molecule has 0 aliphatic heterocycles. The molecule has 2 unspecified atom stereocenters. The highest BCUT2D eigenvalue weighted by Crippen LogP contribution is 2.26. The van der Waals surface area contributed by atoms with E-state index >= 15 is 0 Å². The van der Waals surface area contributed by atoms with Crippen LogP contribution in [0.3, 0.4) is 0 Å². The highest BCUT2D eigenvalue weighted by atomic mass is 16.1. The van der Waals surface area contributed by atoms with Crippen molar-refractivity contribution in [1.82, 2.24) is 0 Å². The summed E-state index contributed by atoms with van der Waals surface area (Å²) in [6.45, 7) is 4.16. The second-order valence-corrected chi connectivity index (χ2v) is 5.57. The summed E-state index contributed by atoms with van der Waals surface area (Å²) in [5, 5.41) is 0. The number of carbonyl (C=O) groups excluding carboxylic acids is 1. The largest absolute Gasteiger partial charge is 0.327 e. The Morgan fingerprint density at radius 3 is 2.44 bits per heavy atom. The zero-order valence-electron chi connectivity index (χ0n) is 11.4. The zero-order valence-corrected chi connectivity index (χ0v) is 11.4. The topological polar surface area (TPSA) is 43.1 Å². The highest BCUT2D eigenvalue weighted by Gasteiger charge is 2.28. The quantitative estimate of drug-likeness (QED) is 0.889. The van der Waals surface area contributed by atoms with Crippen molar-refractivity contribution in [3.8, 4) is 0 Å². The normalized spacial score (nSPS) is 23.9. The summed E-state index contributed by atoms with van der Waals surface area (Å²) >= 11 is 0. The van der Waals surface area contributed by atoms with Crippen LogP contribution < -0.4 is 5.73 Å². The average molecular weight is 245 g/mol. The molecule has 2 heteroatoms. The van der Waals surface area contributed by atoms with E-state index in [0.29, 0.717) is 12.2 Å². The van der Waals surface area contributed by atoms with Gasteiger partial charge in [-0.05, 0) is 43.4 Å². The number of benzene rings is 1. The Bertz CT molecular complexity index is 418. The fourth-order valence-electron chi connectivity index (χ4n) is 2.99. The van der Waals surface area contributed by atoms with Gasteiger partial charge in [0.05, 0.1) is 0 Å². The lowest BCUT2D eigenvalue weighted by Gasteiger charge is -2.27. The summed E-state index contributed by atoms with van der Waals surface area (Å²) in [4.78, 5) is 12.4. The molecular weight excluding hydrogens is 222 g/mol. The summed E-state index contributed by atoms with van der Waals surface area (Å²) in [5.74, 6) is 0.414. The van der Waals surface area contributed by atoms with Crippen LogP contribution in [0.1, 0.15) is 42.4 Å². The maximum absolute atomic E-state index is 12.4. The molecule has 0 radical (unpaired) electrons. The van der Waals surface area contributed by atoms with Crippen LogP contribution in [0.2, 0.25) is 0 Å². The molecule has 2 N–H and O–H groups in total. The lowest BCUT2D eigenvalue weighted by molar-refractivity contribution is -0.123. The van der Waals surface area contributed by atoms with Gasteiger partial charge in [-0.1, -0.05) is 31.0 Å². The van der Waals surface area contributed by atoms with Crippen molar-refractivity contribution in [2.75, 3.05) is 0 Å². The summed E-state index contributed by atoms with van der Waals surface area (Å²) < 4.78 is 0. The SMILES string of the molecule is Cc1cccc(C)c1CC(=O)C1CCCCC1N. The zero-order chi connectivity index (χ0) is 13.1. The lowest BCUT2D eigenvalue weighted by atomic mass is 9.80. The minimum absolute atomic E-state index is 0.0792. The van der Waals surface area contributed by atoms with E-state index in [1.165, 1.54) is 23.1 Å². The molecule has 18 heavy (non-hydrogen) atoms. The van der Waals surface area contributed by atoms with Crippen LogP contribution in [-0.2, 0) is 11.2 Å². The molecule has 2 rings (SSSR count). The van der Waals surface area contributed by atoms with E-state index in [1.807, 2.05) is 6.07 Å². The molecule has 2 nitrogen and oxygen atoms in total. The van der Waals surface area contributed by atoms with Crippen LogP contribution in [0, 0.1) is 19.8 Å². The number of carbonyl (C=O) groups is 1. The lowest BCUT2D eigenvalue weighted by Crippen LogP contribution is -2.38. The van der Waals surface area contributed by atoms with Gasteiger partial charge in [-0.3, -0.25) is 4.79 Å². The molecule has 1 saturated carbocycles. The smallest absolute Gasteiger partial charge is 0.141 e. The van der Waals surface area contributed by atoms with Crippen molar-refractivity contribution in [3.63, 3.8) is 0 Å². The van der Waals surface area contributed by atoms with Crippen molar-refractivity contribution in [2.45, 2.75) is 52.0 Å². The summed E-state index contributed by atoms with van der Waals surface area (Å²) in [6, 6.07) is 6.29. The first-order valence-electron chi connectivity index (χ1n) is 6.93. The minimum Gasteiger partial charge on any atom is -0.327 e. The van der Waals surface area contributed by atoms with Gasteiger partial charge in [-0.25, -0.2) is 0 Å². The second-order valence-electron chi connectivity index (χ2n) is 5.57. The molecule has 1 fully saturated rings. The Balaban J connectivity index is 2.11. The molecular formula is C16H23NO. The molecule has 98 valence electrons. The molecule has 0 bridgehead atoms. The Hall–Kier alpha value is -1.15. The van der Waals surface area contributed by atoms with Crippen LogP contribution >= 0.6 is 0 Å². The van der Waals surface area contributed by atoms with Gasteiger partial charge >= 0.3 is 0 Å². The first-order chi connectivity index (χ1) is 8.59. The maximum Gasteiger partial charge on any atom is 0.141 e. The number of rotatable bonds is 3. The first-order valence-corrected chi connectivity index (χ1v) is 6.93. The molecule has 0 amide bonds. The predicted molar refractivity (Wildman–Crippen MR) is 74.6 cm³/mol. The molecule has 1 aromatic rings. The fraction of sp³-hybridized carbons (Fsp3) is 0.562. The van der Waals surface area contributed by atoms with Gasteiger partial charge in [0.2, 0.25) is 0 Å². The average Bonchev–Trinajstić information content (AvgIpc) is 2.34. The van der Waals surface area contributed by atoms with Gasteiger partial charge in [0.15, 0.2) is 0 Å². The Morgan fingerprint density at radius 2 is 1.83 bits per heavy atom. The first kappa shape index (κ1) is 13.3. The predicted octanol–water partition coefficient (Wildman–Crippen LogP) is 2.93. The van der Waals surface area contributed by atoms with Crippen LogP contribution in [0.15, 0.2) is 18.2 Å². The van der Waals surface area contributed by atoms with Gasteiger partial charge in [0.1, 0.15) is 5.78 Å². The summed E-state index contributed by atoms with van der Waals surface area (Å²) in [6.07, 6.45) is 4.86. The van der Waals surface area contributed by atoms with Gasteiger partial charge < -0.3 is 5.73 Å². The third-order valence-electron chi connectivity index (χ3n) is 4.23. The number of aryl methyl sites for hydroxylation is 2. The summed E-state index contributed by atoms with van der Waals surface area (Å²) in [7, 11) is 0. The third kappa shape index (κ3) is 2.81. The monoisotopic (exact) mass is 245 g/mol. The third-order valence-corrected chi connectivity index (χ3v) is 4.23. The van der Waals surface area contributed by atoms with E-state index in [0.717, 1.165) is 19.3 Å². The Morgan fingerprint density at radius 1 is 1.22 bits per heavy atom. The van der Waals surface area contributed by atoms with Gasteiger partial charge in [-0.15, -0.1) is 0 Å². The van der Waals surface area contributed by atoms with Crippen LogP contribution in [0.25, 0.3) is 0 Å². The van der Waals surface area contributed by atoms with E-state index in [9.17, 15) is 4.79 Å². The molecule has 0 saturated heterocycles. The molecule has 0 spiro atoms. The number of hydrogen-bond acceptors (Lipinski definition) is 2. The number of nitrogens with two attached hydrogens (primary N) is 1. The highest BCUT2D eigenvalue weighted by molar-refractivity contribution is 5.84. The molecule has 1 aliphatic carbocycles. The maximum atomic E-state index is 12.4. The van der Waals surface area contributed by atoms with Crippen molar-refractivity contribution >= 4 is 5.78 Å². The Kier molecular flexibility index (Phi) is 4.18. The van der Waals surface area contributed by atoms with Gasteiger partial charge in [0.25, 0.3) is 0 Å². The molecule has 0 aromatic heterocycles. The van der Waals surface area contributed by atoms with Crippen LogP contribution in [0.4, 0.5) is 0 Å². The number of Topliss-reactive ketones (excluding diaryl/α,β-unsaturated/α-hetero) is 1. The fourth-order valence-corrected chi connectivity index (χ4v) is 2.99. The van der Waals surface area contributed by atoms with Gasteiger partial charge in [0, 0.05) is 18.4 Å². The Labute approximate surface area is 110 Å². The number of ketones is 1. The standard InChI is InChI=1S/C16H23NO/c1-11-6-5-7-12(2)14(11)10-16(18)13-8-3-4-9-15(13)17/h5-7,13,15H,3-4,8-10,17H2,1-2H3. The summed E-state index contributed by atoms with van der Waals surface area (Å²) in [5.41, 5.74) is 9.71. The molecule has 2 atom stereocenters. The van der Waals surface area contributed by atoms with E-state index in [4.69, 9.17) is 5.73 Å². The van der Waals surface area contributed by atoms with E-state index in [1.54, 1.807) is 0 Å². The molecule has 0 heterocycles. The molecule has 1 aromatic carbocycles. The van der Waals surface area contributed by atoms with E-state index < -0.39 is 0 Å². The van der Waals surface area contributed by atoms with Crippen molar-refractivity contribution in [3.05, 3.63) is 34.9 Å². The van der Waals surface area contributed by atoms with E-state index in [-0.39, 0.29) is 12.0 Å². The number of hydrogen-bond donors (Lipinski definition) is 1.